The Morgan fingerprint density at radius 2 is 1.96 bits per heavy atom. The van der Waals surface area contributed by atoms with Crippen molar-refractivity contribution in [2.24, 2.45) is 0 Å². The number of H-pyrrole nitrogens is 1. The maximum atomic E-state index is 11.9. The topological polar surface area (TPSA) is 88.3 Å². The van der Waals surface area contributed by atoms with Crippen LogP contribution in [0.5, 0.6) is 0 Å². The second-order valence-corrected chi connectivity index (χ2v) is 5.78. The van der Waals surface area contributed by atoms with Gasteiger partial charge in [0, 0.05) is 44.5 Å². The molecule has 1 aliphatic rings. The van der Waals surface area contributed by atoms with Crippen molar-refractivity contribution in [1.82, 2.24) is 15.3 Å². The average Bonchev–Trinajstić information content (AvgIpc) is 2.56. The Balaban J connectivity index is 1.99. The van der Waals surface area contributed by atoms with Crippen LogP contribution in [0, 0.1) is 6.92 Å². The van der Waals surface area contributed by atoms with Crippen molar-refractivity contribution >= 4 is 16.7 Å². The quantitative estimate of drug-likeness (QED) is 0.767. The highest BCUT2D eigenvalue weighted by Crippen LogP contribution is 2.22. The Morgan fingerprint density at radius 3 is 2.61 bits per heavy atom. The molecule has 2 aromatic heterocycles. The second kappa shape index (κ2) is 6.66. The summed E-state index contributed by atoms with van der Waals surface area (Å²) in [6.07, 6.45) is 1.62. The van der Waals surface area contributed by atoms with E-state index in [2.05, 4.69) is 20.6 Å². The molecule has 0 saturated carbocycles. The fourth-order valence-electron chi connectivity index (χ4n) is 3.01. The number of piperidine rings is 1. The SMILES string of the molecule is CO[C@H]1CNC[C@@H](OC)C1Nc1nccc2cc(C)c(=O)[nH]c12. The van der Waals surface area contributed by atoms with E-state index in [-0.39, 0.29) is 23.8 Å². The van der Waals surface area contributed by atoms with E-state index in [1.807, 2.05) is 12.1 Å². The number of nitrogens with zero attached hydrogens (tertiary/aromatic N) is 1. The summed E-state index contributed by atoms with van der Waals surface area (Å²) in [5.41, 5.74) is 1.28. The highest BCUT2D eigenvalue weighted by molar-refractivity contribution is 5.88. The number of methoxy groups -OCH3 is 2. The van der Waals surface area contributed by atoms with Gasteiger partial charge in [-0.1, -0.05) is 0 Å². The van der Waals surface area contributed by atoms with Gasteiger partial charge in [-0.25, -0.2) is 4.98 Å². The molecule has 1 aliphatic heterocycles. The number of aromatic nitrogens is 2. The van der Waals surface area contributed by atoms with Crippen molar-refractivity contribution < 1.29 is 9.47 Å². The van der Waals surface area contributed by atoms with Crippen LogP contribution >= 0.6 is 0 Å². The summed E-state index contributed by atoms with van der Waals surface area (Å²) < 4.78 is 11.1. The van der Waals surface area contributed by atoms with Crippen LogP contribution in [0.2, 0.25) is 0 Å². The number of aryl methyl sites for hydroxylation is 1. The lowest BCUT2D eigenvalue weighted by molar-refractivity contribution is -0.0107. The van der Waals surface area contributed by atoms with E-state index < -0.39 is 0 Å². The summed E-state index contributed by atoms with van der Waals surface area (Å²) >= 11 is 0. The molecular weight excluding hydrogens is 296 g/mol. The molecule has 0 aromatic carbocycles. The maximum absolute atomic E-state index is 11.9. The van der Waals surface area contributed by atoms with Gasteiger partial charge in [-0.2, -0.15) is 0 Å². The standard InChI is InChI=1S/C16H22N4O3/c1-9-6-10-4-5-18-15(13(10)20-16(9)21)19-14-11(22-2)7-17-8-12(14)23-3/h4-6,11-12,14,17H,7-8H2,1-3H3,(H,18,19)(H,20,21)/t11-,12+,14?. The van der Waals surface area contributed by atoms with E-state index in [1.165, 1.54) is 0 Å². The van der Waals surface area contributed by atoms with Crippen molar-refractivity contribution in [2.75, 3.05) is 32.6 Å². The van der Waals surface area contributed by atoms with Crippen molar-refractivity contribution in [3.05, 3.63) is 34.2 Å². The molecule has 0 aliphatic carbocycles. The summed E-state index contributed by atoms with van der Waals surface area (Å²) in [5.74, 6) is 0.635. The van der Waals surface area contributed by atoms with Crippen LogP contribution in [0.3, 0.4) is 0 Å². The number of aromatic amines is 1. The molecule has 1 fully saturated rings. The molecular formula is C16H22N4O3. The number of hydrogen-bond donors (Lipinski definition) is 3. The molecule has 0 bridgehead atoms. The zero-order valence-electron chi connectivity index (χ0n) is 13.6. The van der Waals surface area contributed by atoms with Crippen molar-refractivity contribution in [1.29, 1.82) is 0 Å². The molecule has 0 radical (unpaired) electrons. The van der Waals surface area contributed by atoms with E-state index in [0.29, 0.717) is 16.9 Å². The highest BCUT2D eigenvalue weighted by Gasteiger charge is 2.34. The Hall–Kier alpha value is -1.96. The Labute approximate surface area is 134 Å². The minimum Gasteiger partial charge on any atom is -0.378 e. The average molecular weight is 318 g/mol. The first kappa shape index (κ1) is 15.9. The van der Waals surface area contributed by atoms with Crippen LogP contribution < -0.4 is 16.2 Å². The lowest BCUT2D eigenvalue weighted by Crippen LogP contribution is -2.58. The zero-order chi connectivity index (χ0) is 16.4. The van der Waals surface area contributed by atoms with Gasteiger partial charge < -0.3 is 25.1 Å². The molecule has 2 aromatic rings. The highest BCUT2D eigenvalue weighted by atomic mass is 16.5. The predicted molar refractivity (Wildman–Crippen MR) is 89.0 cm³/mol. The first-order chi connectivity index (χ1) is 11.1. The first-order valence-corrected chi connectivity index (χ1v) is 7.65. The van der Waals surface area contributed by atoms with Crippen molar-refractivity contribution in [3.8, 4) is 0 Å². The minimum absolute atomic E-state index is 0.0528. The molecule has 7 nitrogen and oxygen atoms in total. The predicted octanol–water partition coefficient (Wildman–Crippen LogP) is 0.645. The third kappa shape index (κ3) is 3.08. The number of rotatable bonds is 4. The van der Waals surface area contributed by atoms with Gasteiger partial charge >= 0.3 is 0 Å². The van der Waals surface area contributed by atoms with E-state index in [4.69, 9.17) is 9.47 Å². The van der Waals surface area contributed by atoms with Gasteiger partial charge in [0.05, 0.1) is 23.8 Å². The van der Waals surface area contributed by atoms with Gasteiger partial charge in [-0.3, -0.25) is 4.79 Å². The Morgan fingerprint density at radius 1 is 1.26 bits per heavy atom. The Bertz CT molecular complexity index is 734. The largest absolute Gasteiger partial charge is 0.378 e. The van der Waals surface area contributed by atoms with Gasteiger partial charge in [0.25, 0.3) is 5.56 Å². The number of pyridine rings is 2. The van der Waals surface area contributed by atoms with Crippen molar-refractivity contribution in [3.63, 3.8) is 0 Å². The second-order valence-electron chi connectivity index (χ2n) is 5.78. The molecule has 124 valence electrons. The molecule has 23 heavy (non-hydrogen) atoms. The molecule has 0 spiro atoms. The fraction of sp³-hybridized carbons (Fsp3) is 0.500. The van der Waals surface area contributed by atoms with Crippen LogP contribution in [0.25, 0.3) is 10.9 Å². The van der Waals surface area contributed by atoms with Gasteiger partial charge in [0.2, 0.25) is 0 Å². The van der Waals surface area contributed by atoms with Crippen LogP contribution in [-0.2, 0) is 9.47 Å². The van der Waals surface area contributed by atoms with Crippen LogP contribution in [0.4, 0.5) is 5.82 Å². The molecule has 3 rings (SSSR count). The Kier molecular flexibility index (Phi) is 4.61. The van der Waals surface area contributed by atoms with Crippen LogP contribution in [0.15, 0.2) is 23.1 Å². The summed E-state index contributed by atoms with van der Waals surface area (Å²) in [6, 6.07) is 3.69. The molecule has 3 atom stereocenters. The van der Waals surface area contributed by atoms with Crippen LogP contribution in [-0.4, -0.2) is 55.5 Å². The van der Waals surface area contributed by atoms with Gasteiger partial charge in [0.1, 0.15) is 0 Å². The number of ether oxygens (including phenoxy) is 2. The number of hydrogen-bond acceptors (Lipinski definition) is 6. The van der Waals surface area contributed by atoms with E-state index in [0.717, 1.165) is 18.5 Å². The first-order valence-electron chi connectivity index (χ1n) is 7.65. The molecule has 1 saturated heterocycles. The normalized spacial score (nSPS) is 24.7. The number of nitrogens with one attached hydrogen (secondary N) is 3. The third-order valence-corrected chi connectivity index (χ3v) is 4.35. The van der Waals surface area contributed by atoms with Gasteiger partial charge in [-0.05, 0) is 19.1 Å². The maximum Gasteiger partial charge on any atom is 0.251 e. The molecule has 1 unspecified atom stereocenters. The lowest BCUT2D eigenvalue weighted by atomic mass is 10.00. The van der Waals surface area contributed by atoms with Gasteiger partial charge in [-0.15, -0.1) is 0 Å². The fourth-order valence-corrected chi connectivity index (χ4v) is 3.01. The molecule has 3 heterocycles. The minimum atomic E-state index is -0.106. The summed E-state index contributed by atoms with van der Waals surface area (Å²) in [5, 5.41) is 7.63. The van der Waals surface area contributed by atoms with Crippen LogP contribution in [0.1, 0.15) is 5.56 Å². The summed E-state index contributed by atoms with van der Waals surface area (Å²) in [4.78, 5) is 19.2. The monoisotopic (exact) mass is 318 g/mol. The van der Waals surface area contributed by atoms with E-state index in [9.17, 15) is 4.79 Å². The van der Waals surface area contributed by atoms with E-state index in [1.54, 1.807) is 27.3 Å². The van der Waals surface area contributed by atoms with Crippen molar-refractivity contribution in [2.45, 2.75) is 25.2 Å². The number of anilines is 1. The summed E-state index contributed by atoms with van der Waals surface area (Å²) in [7, 11) is 3.36. The van der Waals surface area contributed by atoms with E-state index >= 15 is 0 Å². The smallest absolute Gasteiger partial charge is 0.251 e. The molecule has 0 amide bonds. The third-order valence-electron chi connectivity index (χ3n) is 4.35. The number of fused-ring (bicyclic) bond motifs is 1. The summed E-state index contributed by atoms with van der Waals surface area (Å²) in [6.45, 7) is 3.25. The lowest BCUT2D eigenvalue weighted by Gasteiger charge is -2.37. The van der Waals surface area contributed by atoms with Gasteiger partial charge in [0.15, 0.2) is 5.82 Å². The zero-order valence-corrected chi connectivity index (χ0v) is 13.6. The molecule has 3 N–H and O–H groups in total. The molecule has 7 heteroatoms.